The summed E-state index contributed by atoms with van der Waals surface area (Å²) in [4.78, 5) is 2.43. The molecule has 0 aliphatic carbocycles. The molecule has 2 N–H and O–H groups in total. The normalized spacial score (nSPS) is 26.6. The molecule has 0 saturated carbocycles. The number of rotatable bonds is 6. The van der Waals surface area contributed by atoms with E-state index < -0.39 is 0 Å². The molecule has 1 saturated heterocycles. The van der Waals surface area contributed by atoms with E-state index in [1.54, 1.807) is 0 Å². The second kappa shape index (κ2) is 6.58. The standard InChI is InChI=1S/C13H28N2O/c1-4-7-13(2,10-14-3)11-15-8-5-6-12(16)9-15/h12,14,16H,4-11H2,1-3H3. The first-order valence-electron chi connectivity index (χ1n) is 6.64. The summed E-state index contributed by atoms with van der Waals surface area (Å²) in [7, 11) is 2.03. The van der Waals surface area contributed by atoms with E-state index >= 15 is 0 Å². The molecule has 0 aromatic carbocycles. The number of piperidine rings is 1. The summed E-state index contributed by atoms with van der Waals surface area (Å²) in [6, 6.07) is 0. The van der Waals surface area contributed by atoms with Gasteiger partial charge in [0.1, 0.15) is 0 Å². The minimum Gasteiger partial charge on any atom is -0.392 e. The van der Waals surface area contributed by atoms with Crippen molar-refractivity contribution in [2.45, 2.75) is 45.6 Å². The van der Waals surface area contributed by atoms with E-state index in [1.807, 2.05) is 7.05 Å². The summed E-state index contributed by atoms with van der Waals surface area (Å²) < 4.78 is 0. The van der Waals surface area contributed by atoms with Crippen molar-refractivity contribution >= 4 is 0 Å². The van der Waals surface area contributed by atoms with Crippen molar-refractivity contribution in [2.24, 2.45) is 5.41 Å². The molecule has 0 aromatic heterocycles. The highest BCUT2D eigenvalue weighted by Gasteiger charge is 2.28. The van der Waals surface area contributed by atoms with Gasteiger partial charge in [-0.25, -0.2) is 0 Å². The molecule has 1 aliphatic heterocycles. The third kappa shape index (κ3) is 4.40. The van der Waals surface area contributed by atoms with E-state index in [0.717, 1.165) is 39.0 Å². The SMILES string of the molecule is CCCC(C)(CNC)CN1CCCC(O)C1. The first kappa shape index (κ1) is 13.9. The Morgan fingerprint density at radius 2 is 2.25 bits per heavy atom. The Kier molecular flexibility index (Phi) is 5.73. The van der Waals surface area contributed by atoms with Crippen LogP contribution in [0.3, 0.4) is 0 Å². The maximum Gasteiger partial charge on any atom is 0.0667 e. The molecule has 1 heterocycles. The Balaban J connectivity index is 2.46. The van der Waals surface area contributed by atoms with Crippen LogP contribution < -0.4 is 5.32 Å². The molecule has 0 amide bonds. The summed E-state index contributed by atoms with van der Waals surface area (Å²) in [6.07, 6.45) is 4.50. The van der Waals surface area contributed by atoms with E-state index in [1.165, 1.54) is 12.8 Å². The van der Waals surface area contributed by atoms with Crippen molar-refractivity contribution in [3.63, 3.8) is 0 Å². The van der Waals surface area contributed by atoms with Gasteiger partial charge >= 0.3 is 0 Å². The Labute approximate surface area is 100 Å². The largest absolute Gasteiger partial charge is 0.392 e. The molecule has 96 valence electrons. The van der Waals surface area contributed by atoms with Crippen LogP contribution >= 0.6 is 0 Å². The Bertz CT molecular complexity index is 190. The van der Waals surface area contributed by atoms with Crippen LogP contribution in [-0.4, -0.2) is 49.3 Å². The fraction of sp³-hybridized carbons (Fsp3) is 1.00. The average molecular weight is 228 g/mol. The maximum atomic E-state index is 9.68. The second-order valence-corrected chi connectivity index (χ2v) is 5.62. The van der Waals surface area contributed by atoms with E-state index in [4.69, 9.17) is 0 Å². The third-order valence-corrected chi connectivity index (χ3v) is 3.54. The molecule has 1 rings (SSSR count). The molecule has 1 fully saturated rings. The maximum absolute atomic E-state index is 9.68. The van der Waals surface area contributed by atoms with E-state index in [2.05, 4.69) is 24.1 Å². The second-order valence-electron chi connectivity index (χ2n) is 5.62. The fourth-order valence-electron chi connectivity index (χ4n) is 2.97. The highest BCUT2D eigenvalue weighted by Crippen LogP contribution is 2.25. The summed E-state index contributed by atoms with van der Waals surface area (Å²) in [6.45, 7) is 8.79. The number of aliphatic hydroxyl groups is 1. The molecule has 0 radical (unpaired) electrons. The Hall–Kier alpha value is -0.120. The van der Waals surface area contributed by atoms with Gasteiger partial charge in [-0.15, -0.1) is 0 Å². The molecular weight excluding hydrogens is 200 g/mol. The first-order chi connectivity index (χ1) is 7.59. The molecular formula is C13H28N2O. The van der Waals surface area contributed by atoms with Crippen LogP contribution in [0.1, 0.15) is 39.5 Å². The molecule has 0 spiro atoms. The van der Waals surface area contributed by atoms with E-state index in [0.29, 0.717) is 5.41 Å². The lowest BCUT2D eigenvalue weighted by atomic mass is 9.84. The van der Waals surface area contributed by atoms with Crippen LogP contribution in [0.2, 0.25) is 0 Å². The van der Waals surface area contributed by atoms with Crippen molar-refractivity contribution in [3.05, 3.63) is 0 Å². The highest BCUT2D eigenvalue weighted by molar-refractivity contribution is 4.83. The predicted octanol–water partition coefficient (Wildman–Crippen LogP) is 1.47. The minimum absolute atomic E-state index is 0.103. The number of hydrogen-bond donors (Lipinski definition) is 2. The van der Waals surface area contributed by atoms with Crippen LogP contribution in [0.25, 0.3) is 0 Å². The Morgan fingerprint density at radius 1 is 1.50 bits per heavy atom. The zero-order valence-corrected chi connectivity index (χ0v) is 11.1. The molecule has 2 atom stereocenters. The van der Waals surface area contributed by atoms with E-state index in [9.17, 15) is 5.11 Å². The van der Waals surface area contributed by atoms with Gasteiger partial charge in [-0.05, 0) is 38.3 Å². The summed E-state index contributed by atoms with van der Waals surface area (Å²) >= 11 is 0. The number of nitrogens with one attached hydrogen (secondary N) is 1. The Morgan fingerprint density at radius 3 is 2.81 bits per heavy atom. The van der Waals surface area contributed by atoms with Gasteiger partial charge in [0, 0.05) is 19.6 Å². The molecule has 3 heteroatoms. The lowest BCUT2D eigenvalue weighted by Crippen LogP contribution is -2.46. The predicted molar refractivity (Wildman–Crippen MR) is 68.6 cm³/mol. The number of likely N-dealkylation sites (tertiary alicyclic amines) is 1. The number of nitrogens with zero attached hydrogens (tertiary/aromatic N) is 1. The quantitative estimate of drug-likeness (QED) is 0.722. The summed E-state index contributed by atoms with van der Waals surface area (Å²) in [5.74, 6) is 0. The van der Waals surface area contributed by atoms with Gasteiger partial charge in [0.05, 0.1) is 6.10 Å². The van der Waals surface area contributed by atoms with Crippen molar-refractivity contribution in [2.75, 3.05) is 33.2 Å². The van der Waals surface area contributed by atoms with E-state index in [-0.39, 0.29) is 6.10 Å². The van der Waals surface area contributed by atoms with Crippen molar-refractivity contribution in [1.82, 2.24) is 10.2 Å². The summed E-state index contributed by atoms with van der Waals surface area (Å²) in [5, 5.41) is 13.0. The average Bonchev–Trinajstić information content (AvgIpc) is 2.17. The van der Waals surface area contributed by atoms with Gasteiger partial charge in [0.2, 0.25) is 0 Å². The minimum atomic E-state index is -0.103. The van der Waals surface area contributed by atoms with Crippen molar-refractivity contribution < 1.29 is 5.11 Å². The van der Waals surface area contributed by atoms with Crippen molar-refractivity contribution in [3.8, 4) is 0 Å². The first-order valence-corrected chi connectivity index (χ1v) is 6.64. The van der Waals surface area contributed by atoms with Gasteiger partial charge in [0.25, 0.3) is 0 Å². The number of β-amino-alcohol motifs (C(OH)–C–C–N with tert-alkyl or cyclic N) is 1. The number of aliphatic hydroxyl groups excluding tert-OH is 1. The number of hydrogen-bond acceptors (Lipinski definition) is 3. The van der Waals surface area contributed by atoms with Crippen LogP contribution in [0.15, 0.2) is 0 Å². The lowest BCUT2D eigenvalue weighted by molar-refractivity contribution is 0.0448. The van der Waals surface area contributed by atoms with Crippen LogP contribution in [0.5, 0.6) is 0 Å². The third-order valence-electron chi connectivity index (χ3n) is 3.54. The van der Waals surface area contributed by atoms with Crippen molar-refractivity contribution in [1.29, 1.82) is 0 Å². The molecule has 3 nitrogen and oxygen atoms in total. The van der Waals surface area contributed by atoms with Gasteiger partial charge < -0.3 is 15.3 Å². The van der Waals surface area contributed by atoms with Gasteiger partial charge in [-0.2, -0.15) is 0 Å². The lowest BCUT2D eigenvalue weighted by Gasteiger charge is -2.38. The van der Waals surface area contributed by atoms with Gasteiger partial charge in [-0.1, -0.05) is 20.3 Å². The van der Waals surface area contributed by atoms with Crippen LogP contribution in [-0.2, 0) is 0 Å². The zero-order chi connectivity index (χ0) is 12.0. The topological polar surface area (TPSA) is 35.5 Å². The fourth-order valence-corrected chi connectivity index (χ4v) is 2.97. The van der Waals surface area contributed by atoms with Gasteiger partial charge in [0.15, 0.2) is 0 Å². The monoisotopic (exact) mass is 228 g/mol. The zero-order valence-electron chi connectivity index (χ0n) is 11.1. The molecule has 1 aliphatic rings. The highest BCUT2D eigenvalue weighted by atomic mass is 16.3. The summed E-state index contributed by atoms with van der Waals surface area (Å²) in [5.41, 5.74) is 0.348. The molecule has 16 heavy (non-hydrogen) atoms. The van der Waals surface area contributed by atoms with Gasteiger partial charge in [-0.3, -0.25) is 0 Å². The molecule has 0 aromatic rings. The smallest absolute Gasteiger partial charge is 0.0667 e. The van der Waals surface area contributed by atoms with Crippen LogP contribution in [0, 0.1) is 5.41 Å². The molecule has 0 bridgehead atoms. The molecule has 2 unspecified atom stereocenters. The van der Waals surface area contributed by atoms with Crippen LogP contribution in [0.4, 0.5) is 0 Å².